The number of nitrogens with zero attached hydrogens (tertiary/aromatic N) is 2. The number of rotatable bonds is 4. The Morgan fingerprint density at radius 3 is 2.76 bits per heavy atom. The first kappa shape index (κ1) is 17.0. The molecule has 0 atom stereocenters. The van der Waals surface area contributed by atoms with E-state index in [0.29, 0.717) is 27.7 Å². The topological polar surface area (TPSA) is 111 Å². The number of primary amides is 1. The number of halogens is 1. The molecule has 0 fully saturated rings. The normalized spacial score (nSPS) is 10.8. The number of anilines is 1. The van der Waals surface area contributed by atoms with E-state index < -0.39 is 5.91 Å². The number of aromatic amines is 1. The van der Waals surface area contributed by atoms with Gasteiger partial charge in [-0.15, -0.1) is 0 Å². The van der Waals surface area contributed by atoms with Crippen LogP contribution in [0.4, 0.5) is 5.95 Å². The van der Waals surface area contributed by atoms with E-state index >= 15 is 0 Å². The number of carbonyl (C=O) groups is 1. The molecule has 2 heterocycles. The molecule has 6 nitrogen and oxygen atoms in total. The third-order valence-corrected chi connectivity index (χ3v) is 4.31. The fourth-order valence-corrected chi connectivity index (χ4v) is 2.94. The van der Waals surface area contributed by atoms with E-state index in [4.69, 9.17) is 23.1 Å². The summed E-state index contributed by atoms with van der Waals surface area (Å²) < 4.78 is 0. The van der Waals surface area contributed by atoms with E-state index in [1.807, 2.05) is 19.9 Å². The van der Waals surface area contributed by atoms with Crippen molar-refractivity contribution in [1.29, 1.82) is 0 Å². The maximum atomic E-state index is 12.0. The Morgan fingerprint density at radius 1 is 1.32 bits per heavy atom. The molecule has 2 aromatic heterocycles. The summed E-state index contributed by atoms with van der Waals surface area (Å²) in [6.45, 7) is 3.94. The molecule has 1 amide bonds. The van der Waals surface area contributed by atoms with Gasteiger partial charge in [0.05, 0.1) is 22.6 Å². The first-order valence-electron chi connectivity index (χ1n) is 7.81. The second kappa shape index (κ2) is 6.57. The zero-order valence-electron chi connectivity index (χ0n) is 13.9. The smallest absolute Gasteiger partial charge is 0.250 e. The zero-order valence-corrected chi connectivity index (χ0v) is 14.7. The average molecular weight is 356 g/mol. The molecule has 25 heavy (non-hydrogen) atoms. The molecule has 1 aromatic carbocycles. The number of hydrogen-bond acceptors (Lipinski definition) is 4. The van der Waals surface area contributed by atoms with Crippen LogP contribution < -0.4 is 11.5 Å². The number of nitrogen functional groups attached to an aromatic ring is 1. The van der Waals surface area contributed by atoms with Gasteiger partial charge in [-0.3, -0.25) is 4.79 Å². The van der Waals surface area contributed by atoms with Crippen LogP contribution in [0, 0.1) is 6.92 Å². The molecule has 0 aliphatic rings. The third-order valence-electron chi connectivity index (χ3n) is 4.07. The van der Waals surface area contributed by atoms with Crippen molar-refractivity contribution in [1.82, 2.24) is 15.0 Å². The van der Waals surface area contributed by atoms with Gasteiger partial charge < -0.3 is 16.5 Å². The summed E-state index contributed by atoms with van der Waals surface area (Å²) in [4.78, 5) is 23.6. The molecular weight excluding hydrogens is 338 g/mol. The first-order valence-corrected chi connectivity index (χ1v) is 8.19. The number of nitrogens with two attached hydrogens (primary N) is 2. The number of amides is 1. The molecular formula is C18H18ClN5O. The second-order valence-electron chi connectivity index (χ2n) is 5.75. The lowest BCUT2D eigenvalue weighted by Crippen LogP contribution is -2.11. The third kappa shape index (κ3) is 3.21. The molecule has 0 unspecified atom stereocenters. The minimum absolute atomic E-state index is 0.169. The van der Waals surface area contributed by atoms with Crippen molar-refractivity contribution in [2.75, 3.05) is 5.73 Å². The first-order chi connectivity index (χ1) is 11.9. The lowest BCUT2D eigenvalue weighted by Gasteiger charge is -2.07. The van der Waals surface area contributed by atoms with Crippen LogP contribution in [-0.2, 0) is 6.42 Å². The van der Waals surface area contributed by atoms with Gasteiger partial charge in [0.2, 0.25) is 5.95 Å². The van der Waals surface area contributed by atoms with Crippen molar-refractivity contribution < 1.29 is 4.79 Å². The number of H-pyrrole nitrogens is 1. The number of carbonyl (C=O) groups excluding carboxylic acids is 1. The molecule has 0 aliphatic heterocycles. The van der Waals surface area contributed by atoms with Crippen LogP contribution in [0.3, 0.4) is 0 Å². The summed E-state index contributed by atoms with van der Waals surface area (Å²) in [5.74, 6) is -0.361. The predicted molar refractivity (Wildman–Crippen MR) is 99.3 cm³/mol. The van der Waals surface area contributed by atoms with Gasteiger partial charge in [0.15, 0.2) is 0 Å². The quantitative estimate of drug-likeness (QED) is 0.666. The van der Waals surface area contributed by atoms with Gasteiger partial charge in [-0.25, -0.2) is 9.97 Å². The van der Waals surface area contributed by atoms with Crippen LogP contribution in [0.5, 0.6) is 0 Å². The van der Waals surface area contributed by atoms with Gasteiger partial charge in [-0.1, -0.05) is 24.6 Å². The van der Waals surface area contributed by atoms with Crippen molar-refractivity contribution in [2.45, 2.75) is 20.3 Å². The Morgan fingerprint density at radius 2 is 2.08 bits per heavy atom. The highest BCUT2D eigenvalue weighted by atomic mass is 35.5. The van der Waals surface area contributed by atoms with Gasteiger partial charge in [0.25, 0.3) is 5.91 Å². The van der Waals surface area contributed by atoms with E-state index in [2.05, 4.69) is 15.0 Å². The van der Waals surface area contributed by atoms with Crippen LogP contribution in [0.25, 0.3) is 22.6 Å². The van der Waals surface area contributed by atoms with E-state index in [1.165, 1.54) is 0 Å². The number of aromatic nitrogens is 3. The van der Waals surface area contributed by atoms with E-state index in [0.717, 1.165) is 23.1 Å². The summed E-state index contributed by atoms with van der Waals surface area (Å²) in [6.07, 6.45) is 2.42. The molecule has 5 N–H and O–H groups in total. The molecule has 7 heteroatoms. The van der Waals surface area contributed by atoms with E-state index in [9.17, 15) is 4.79 Å². The Bertz CT molecular complexity index is 964. The predicted octanol–water partition coefficient (Wildman–Crippen LogP) is 3.34. The molecule has 0 aliphatic carbocycles. The fraction of sp³-hybridized carbons (Fsp3) is 0.167. The maximum Gasteiger partial charge on any atom is 0.250 e. The minimum Gasteiger partial charge on any atom is -0.368 e. The summed E-state index contributed by atoms with van der Waals surface area (Å²) in [5.41, 5.74) is 16.3. The summed E-state index contributed by atoms with van der Waals surface area (Å²) in [6, 6.07) is 7.19. The number of aryl methyl sites for hydroxylation is 2. The fourth-order valence-electron chi connectivity index (χ4n) is 2.76. The number of benzene rings is 1. The molecule has 0 bridgehead atoms. The lowest BCUT2D eigenvalue weighted by atomic mass is 10.0. The monoisotopic (exact) mass is 355 g/mol. The van der Waals surface area contributed by atoms with Gasteiger partial charge in [0.1, 0.15) is 0 Å². The summed E-state index contributed by atoms with van der Waals surface area (Å²) >= 11 is 6.12. The number of nitrogens with one attached hydrogen (secondary N) is 1. The zero-order chi connectivity index (χ0) is 18.1. The second-order valence-corrected chi connectivity index (χ2v) is 6.19. The Kier molecular flexibility index (Phi) is 4.46. The Balaban J connectivity index is 2.25. The lowest BCUT2D eigenvalue weighted by molar-refractivity contribution is 0.100. The van der Waals surface area contributed by atoms with Crippen molar-refractivity contribution in [3.05, 3.63) is 52.2 Å². The van der Waals surface area contributed by atoms with Crippen molar-refractivity contribution in [3.63, 3.8) is 0 Å². The molecule has 128 valence electrons. The van der Waals surface area contributed by atoms with E-state index in [-0.39, 0.29) is 5.95 Å². The molecule has 3 aromatic rings. The van der Waals surface area contributed by atoms with Crippen molar-refractivity contribution in [2.24, 2.45) is 5.73 Å². The molecule has 0 radical (unpaired) electrons. The highest BCUT2D eigenvalue weighted by molar-refractivity contribution is 6.31. The van der Waals surface area contributed by atoms with Crippen LogP contribution in [-0.4, -0.2) is 20.9 Å². The summed E-state index contributed by atoms with van der Waals surface area (Å²) in [7, 11) is 0. The average Bonchev–Trinajstić information content (AvgIpc) is 3.02. The van der Waals surface area contributed by atoms with Crippen molar-refractivity contribution >= 4 is 23.5 Å². The molecule has 3 rings (SSSR count). The highest BCUT2D eigenvalue weighted by Crippen LogP contribution is 2.33. The van der Waals surface area contributed by atoms with Gasteiger partial charge in [0, 0.05) is 16.8 Å². The Labute approximate surface area is 150 Å². The molecule has 0 spiro atoms. The largest absolute Gasteiger partial charge is 0.368 e. The summed E-state index contributed by atoms with van der Waals surface area (Å²) in [5, 5.41) is 0.577. The van der Waals surface area contributed by atoms with E-state index in [1.54, 1.807) is 24.4 Å². The van der Waals surface area contributed by atoms with Crippen LogP contribution in [0.2, 0.25) is 5.02 Å². The molecule has 0 saturated carbocycles. The maximum absolute atomic E-state index is 12.0. The van der Waals surface area contributed by atoms with Gasteiger partial charge in [-0.2, -0.15) is 0 Å². The highest BCUT2D eigenvalue weighted by Gasteiger charge is 2.19. The van der Waals surface area contributed by atoms with Crippen LogP contribution >= 0.6 is 11.6 Å². The van der Waals surface area contributed by atoms with Crippen LogP contribution in [0.1, 0.15) is 28.4 Å². The van der Waals surface area contributed by atoms with Crippen LogP contribution in [0.15, 0.2) is 30.5 Å². The number of hydrogen-bond donors (Lipinski definition) is 3. The van der Waals surface area contributed by atoms with Gasteiger partial charge >= 0.3 is 0 Å². The molecule has 0 saturated heterocycles. The SMILES string of the molecule is CCc1cnc(N)nc1-c1cc(C(N)=O)c(-c2cc(Cl)ccc2C)[nH]1. The standard InChI is InChI=1S/C18H18ClN5O/c1-3-10-8-22-18(21)24-15(10)14-7-13(17(20)25)16(23-14)12-6-11(19)5-4-9(12)2/h4-8,23H,3H2,1-2H3,(H2,20,25)(H2,21,22,24). The van der Waals surface area contributed by atoms with Crippen molar-refractivity contribution in [3.8, 4) is 22.6 Å². The Hall–Kier alpha value is -2.86. The minimum atomic E-state index is -0.531. The van der Waals surface area contributed by atoms with Gasteiger partial charge in [-0.05, 0) is 42.7 Å².